The van der Waals surface area contributed by atoms with E-state index in [1.165, 1.54) is 23.5 Å². The monoisotopic (exact) mass is 289 g/mol. The van der Waals surface area contributed by atoms with Crippen LogP contribution in [0.4, 0.5) is 0 Å². The van der Waals surface area contributed by atoms with Gasteiger partial charge in [0.25, 0.3) is 0 Å². The van der Waals surface area contributed by atoms with E-state index in [4.69, 9.17) is 11.6 Å². The molecule has 0 saturated carbocycles. The summed E-state index contributed by atoms with van der Waals surface area (Å²) in [6.45, 7) is 1.97. The normalized spacial score (nSPS) is 10.7. The smallest absolute Gasteiger partial charge is 0.189 e. The quantitative estimate of drug-likeness (QED) is 0.488. The first-order valence-electron chi connectivity index (χ1n) is 4.36. The molecule has 0 aliphatic heterocycles. The van der Waals surface area contributed by atoms with Crippen molar-refractivity contribution in [3.05, 3.63) is 22.3 Å². The molecule has 7 heteroatoms. The van der Waals surface area contributed by atoms with E-state index in [0.717, 1.165) is 15.1 Å². The van der Waals surface area contributed by atoms with Gasteiger partial charge in [-0.1, -0.05) is 23.4 Å². The minimum absolute atomic E-state index is 0.468. The van der Waals surface area contributed by atoms with Gasteiger partial charge in [-0.05, 0) is 24.9 Å². The van der Waals surface area contributed by atoms with Crippen LogP contribution in [0.1, 0.15) is 5.69 Å². The van der Waals surface area contributed by atoms with Gasteiger partial charge in [0.1, 0.15) is 10.2 Å². The summed E-state index contributed by atoms with van der Waals surface area (Å²) in [7, 11) is 0. The van der Waals surface area contributed by atoms with Crippen molar-refractivity contribution in [3.8, 4) is 0 Å². The van der Waals surface area contributed by atoms with Crippen molar-refractivity contribution in [2.75, 3.05) is 6.26 Å². The standard InChI is InChI=1S/C9H8ClN3S3/c1-5-4-15-9(11-5)16-7-3-6(10)12-8(13-7)14-2/h3-4H,1-2H3. The van der Waals surface area contributed by atoms with Gasteiger partial charge in [0.2, 0.25) is 0 Å². The molecule has 0 aliphatic rings. The zero-order chi connectivity index (χ0) is 11.5. The second-order valence-electron chi connectivity index (χ2n) is 2.87. The summed E-state index contributed by atoms with van der Waals surface area (Å²) in [5, 5.41) is 4.00. The second kappa shape index (κ2) is 5.35. The molecule has 16 heavy (non-hydrogen) atoms. The van der Waals surface area contributed by atoms with Crippen LogP contribution >= 0.6 is 46.5 Å². The molecule has 84 valence electrons. The van der Waals surface area contributed by atoms with Crippen LogP contribution in [0.3, 0.4) is 0 Å². The molecule has 2 rings (SSSR count). The lowest BCUT2D eigenvalue weighted by Gasteiger charge is -2.00. The van der Waals surface area contributed by atoms with Crippen LogP contribution in [0.15, 0.2) is 26.0 Å². The summed E-state index contributed by atoms with van der Waals surface area (Å²) >= 11 is 10.5. The zero-order valence-electron chi connectivity index (χ0n) is 8.60. The topological polar surface area (TPSA) is 38.7 Å². The lowest BCUT2D eigenvalue weighted by molar-refractivity contribution is 0.893. The number of aryl methyl sites for hydroxylation is 1. The highest BCUT2D eigenvalue weighted by Crippen LogP contribution is 2.30. The van der Waals surface area contributed by atoms with Crippen molar-refractivity contribution >= 4 is 46.5 Å². The highest BCUT2D eigenvalue weighted by Gasteiger charge is 2.06. The van der Waals surface area contributed by atoms with Crippen molar-refractivity contribution < 1.29 is 0 Å². The first-order chi connectivity index (χ1) is 7.67. The van der Waals surface area contributed by atoms with Gasteiger partial charge in [0.15, 0.2) is 9.50 Å². The van der Waals surface area contributed by atoms with E-state index in [1.807, 2.05) is 18.6 Å². The van der Waals surface area contributed by atoms with E-state index in [9.17, 15) is 0 Å². The van der Waals surface area contributed by atoms with Crippen LogP contribution in [0.5, 0.6) is 0 Å². The average Bonchev–Trinajstić information content (AvgIpc) is 2.63. The molecule has 0 fully saturated rings. The Bertz CT molecular complexity index is 500. The molecule has 2 aromatic rings. The van der Waals surface area contributed by atoms with Gasteiger partial charge < -0.3 is 0 Å². The number of thiazole rings is 1. The minimum Gasteiger partial charge on any atom is -0.235 e. The molecule has 3 nitrogen and oxygen atoms in total. The predicted octanol–water partition coefficient (Wildman–Crippen LogP) is 3.77. The number of thioether (sulfide) groups is 1. The molecule has 2 heterocycles. The first-order valence-corrected chi connectivity index (χ1v) is 7.66. The molecule has 2 aromatic heterocycles. The zero-order valence-corrected chi connectivity index (χ0v) is 11.8. The van der Waals surface area contributed by atoms with Crippen molar-refractivity contribution in [1.82, 2.24) is 15.0 Å². The summed E-state index contributed by atoms with van der Waals surface area (Å²) in [4.78, 5) is 12.8. The molecule has 0 radical (unpaired) electrons. The fourth-order valence-electron chi connectivity index (χ4n) is 0.989. The van der Waals surface area contributed by atoms with Gasteiger partial charge in [-0.15, -0.1) is 11.3 Å². The Morgan fingerprint density at radius 1 is 1.31 bits per heavy atom. The average molecular weight is 290 g/mol. The Morgan fingerprint density at radius 3 is 2.75 bits per heavy atom. The highest BCUT2D eigenvalue weighted by molar-refractivity contribution is 8.01. The molecule has 0 spiro atoms. The van der Waals surface area contributed by atoms with Crippen LogP contribution in [0.25, 0.3) is 0 Å². The molecule has 0 saturated heterocycles. The molecule has 0 N–H and O–H groups in total. The summed E-state index contributed by atoms with van der Waals surface area (Å²) in [6.07, 6.45) is 1.92. The van der Waals surface area contributed by atoms with E-state index < -0.39 is 0 Å². The van der Waals surface area contributed by atoms with Gasteiger partial charge in [0, 0.05) is 17.1 Å². The van der Waals surface area contributed by atoms with Crippen molar-refractivity contribution in [1.29, 1.82) is 0 Å². The van der Waals surface area contributed by atoms with Crippen LogP contribution in [0, 0.1) is 6.92 Å². The number of hydrogen-bond acceptors (Lipinski definition) is 6. The van der Waals surface area contributed by atoms with E-state index in [0.29, 0.717) is 10.3 Å². The molecule has 0 amide bonds. The van der Waals surface area contributed by atoms with Crippen molar-refractivity contribution in [2.45, 2.75) is 21.4 Å². The Labute approximate surface area is 111 Å². The van der Waals surface area contributed by atoms with Crippen molar-refractivity contribution in [2.24, 2.45) is 0 Å². The molecular weight excluding hydrogens is 282 g/mol. The number of rotatable bonds is 3. The second-order valence-corrected chi connectivity index (χ2v) is 6.16. The van der Waals surface area contributed by atoms with E-state index in [2.05, 4.69) is 15.0 Å². The third-order valence-corrected chi connectivity index (χ3v) is 4.34. The van der Waals surface area contributed by atoms with Gasteiger partial charge in [0.05, 0.1) is 0 Å². The van der Waals surface area contributed by atoms with Crippen molar-refractivity contribution in [3.63, 3.8) is 0 Å². The SMILES string of the molecule is CSc1nc(Cl)cc(Sc2nc(C)cs2)n1. The molecule has 0 atom stereocenters. The largest absolute Gasteiger partial charge is 0.235 e. The minimum atomic E-state index is 0.468. The van der Waals surface area contributed by atoms with Gasteiger partial charge >= 0.3 is 0 Å². The maximum absolute atomic E-state index is 5.91. The lowest BCUT2D eigenvalue weighted by Crippen LogP contribution is -1.88. The predicted molar refractivity (Wildman–Crippen MR) is 69.8 cm³/mol. The van der Waals surface area contributed by atoms with Gasteiger partial charge in [-0.25, -0.2) is 15.0 Å². The fraction of sp³-hybridized carbons (Fsp3) is 0.222. The molecule has 0 aromatic carbocycles. The van der Waals surface area contributed by atoms with E-state index >= 15 is 0 Å². The van der Waals surface area contributed by atoms with Gasteiger partial charge in [-0.2, -0.15) is 0 Å². The van der Waals surface area contributed by atoms with Crippen LogP contribution in [0.2, 0.25) is 5.15 Å². The van der Waals surface area contributed by atoms with Gasteiger partial charge in [-0.3, -0.25) is 0 Å². The third kappa shape index (κ3) is 3.10. The van der Waals surface area contributed by atoms with Crippen LogP contribution < -0.4 is 0 Å². The molecule has 0 aliphatic carbocycles. The summed E-state index contributed by atoms with van der Waals surface area (Å²) in [5.41, 5.74) is 1.03. The summed E-state index contributed by atoms with van der Waals surface area (Å²) in [6, 6.07) is 1.75. The summed E-state index contributed by atoms with van der Waals surface area (Å²) < 4.78 is 0.972. The Kier molecular flexibility index (Phi) is 4.07. The van der Waals surface area contributed by atoms with Crippen LogP contribution in [-0.2, 0) is 0 Å². The number of hydrogen-bond donors (Lipinski definition) is 0. The Hall–Kier alpha value is -0.300. The molecule has 0 unspecified atom stereocenters. The summed E-state index contributed by atoms with van der Waals surface area (Å²) in [5.74, 6) is 0. The maximum Gasteiger partial charge on any atom is 0.189 e. The molecule has 0 bridgehead atoms. The number of aromatic nitrogens is 3. The third-order valence-electron chi connectivity index (χ3n) is 1.62. The Morgan fingerprint density at radius 2 is 2.12 bits per heavy atom. The number of halogens is 1. The molecular formula is C9H8ClN3S3. The lowest BCUT2D eigenvalue weighted by atomic mass is 10.6. The highest BCUT2D eigenvalue weighted by atomic mass is 35.5. The van der Waals surface area contributed by atoms with Crippen LogP contribution in [-0.4, -0.2) is 21.2 Å². The first kappa shape index (κ1) is 12.2. The maximum atomic E-state index is 5.91. The van der Waals surface area contributed by atoms with E-state index in [1.54, 1.807) is 17.4 Å². The van der Waals surface area contributed by atoms with E-state index in [-0.39, 0.29) is 0 Å². The Balaban J connectivity index is 2.24. The number of nitrogens with zero attached hydrogens (tertiary/aromatic N) is 3. The fourth-order valence-corrected chi connectivity index (χ4v) is 3.51.